The maximum atomic E-state index is 12.7. The number of phenols is 1. The van der Waals surface area contributed by atoms with Crippen molar-refractivity contribution in [2.24, 2.45) is 0 Å². The molecule has 0 bridgehead atoms. The van der Waals surface area contributed by atoms with Gasteiger partial charge in [-0.3, -0.25) is 4.79 Å². The highest BCUT2D eigenvalue weighted by Gasteiger charge is 2.16. The van der Waals surface area contributed by atoms with Crippen LogP contribution in [0.15, 0.2) is 76.0 Å². The average Bonchev–Trinajstić information content (AvgIpc) is 3.18. The molecule has 1 aromatic heterocycles. The molecule has 3 aromatic carbocycles. The third-order valence-electron chi connectivity index (χ3n) is 4.92. The molecule has 2 N–H and O–H groups in total. The summed E-state index contributed by atoms with van der Waals surface area (Å²) in [5, 5.41) is 13.1. The van der Waals surface area contributed by atoms with Gasteiger partial charge in [-0.1, -0.05) is 29.8 Å². The number of aromatic hydroxyl groups is 1. The third kappa shape index (κ3) is 5.50. The van der Waals surface area contributed by atoms with Crippen molar-refractivity contribution in [3.05, 3.63) is 88.8 Å². The highest BCUT2D eigenvalue weighted by atomic mass is 35.5. The van der Waals surface area contributed by atoms with E-state index in [1.54, 1.807) is 18.2 Å². The van der Waals surface area contributed by atoms with Crippen molar-refractivity contribution in [1.29, 1.82) is 0 Å². The molecule has 33 heavy (non-hydrogen) atoms. The van der Waals surface area contributed by atoms with Gasteiger partial charge < -0.3 is 19.6 Å². The van der Waals surface area contributed by atoms with Crippen molar-refractivity contribution < 1.29 is 19.1 Å². The minimum atomic E-state index is -0.515. The molecule has 0 spiro atoms. The molecule has 1 heterocycles. The van der Waals surface area contributed by atoms with Crippen LogP contribution in [-0.4, -0.2) is 22.6 Å². The molecule has 0 saturated carbocycles. The third-order valence-corrected chi connectivity index (χ3v) is 5.44. The van der Waals surface area contributed by atoms with Crippen molar-refractivity contribution in [2.45, 2.75) is 18.2 Å². The first-order valence-corrected chi connectivity index (χ1v) is 11.0. The average molecular weight is 481 g/mol. The Morgan fingerprint density at radius 2 is 1.94 bits per heavy atom. The van der Waals surface area contributed by atoms with E-state index >= 15 is 0 Å². The number of aromatic nitrogens is 1. The molecular weight excluding hydrogens is 460 g/mol. The zero-order valence-corrected chi connectivity index (χ0v) is 19.4. The second-order valence-corrected chi connectivity index (χ2v) is 8.24. The lowest BCUT2D eigenvalue weighted by Crippen LogP contribution is -2.14. The lowest BCUT2D eigenvalue weighted by atomic mass is 10.2. The van der Waals surface area contributed by atoms with Gasteiger partial charge in [-0.05, 0) is 55.5 Å². The van der Waals surface area contributed by atoms with E-state index in [1.165, 1.54) is 18.2 Å². The van der Waals surface area contributed by atoms with Gasteiger partial charge in [0.1, 0.15) is 17.3 Å². The van der Waals surface area contributed by atoms with Gasteiger partial charge in [-0.25, -0.2) is 4.98 Å². The minimum absolute atomic E-state index is 0.0599. The number of rotatable bonds is 7. The van der Waals surface area contributed by atoms with Crippen molar-refractivity contribution in [2.75, 3.05) is 11.9 Å². The fraction of sp³-hybridized carbons (Fsp3) is 0.120. The van der Waals surface area contributed by atoms with Gasteiger partial charge in [0.15, 0.2) is 0 Å². The lowest BCUT2D eigenvalue weighted by molar-refractivity contribution is 0.102. The van der Waals surface area contributed by atoms with Gasteiger partial charge in [-0.2, -0.15) is 0 Å². The van der Waals surface area contributed by atoms with Crippen LogP contribution < -0.4 is 10.1 Å². The van der Waals surface area contributed by atoms with Gasteiger partial charge in [0.25, 0.3) is 5.91 Å². The summed E-state index contributed by atoms with van der Waals surface area (Å²) in [5.41, 5.74) is 2.19. The number of benzene rings is 3. The molecule has 0 fully saturated rings. The first-order valence-electron chi connectivity index (χ1n) is 10.2. The molecule has 0 saturated heterocycles. The molecule has 1 amide bonds. The zero-order valence-electron chi connectivity index (χ0n) is 17.7. The fourth-order valence-corrected chi connectivity index (χ4v) is 3.62. The number of hydrogen-bond acceptors (Lipinski definition) is 6. The molecule has 0 unspecified atom stereocenters. The number of thiol groups is 1. The van der Waals surface area contributed by atoms with Gasteiger partial charge in [0, 0.05) is 21.9 Å². The predicted molar refractivity (Wildman–Crippen MR) is 131 cm³/mol. The van der Waals surface area contributed by atoms with Gasteiger partial charge >= 0.3 is 0 Å². The molecule has 0 aliphatic rings. The highest BCUT2D eigenvalue weighted by Crippen LogP contribution is 2.30. The molecule has 0 aliphatic carbocycles. The Kier molecular flexibility index (Phi) is 6.91. The Morgan fingerprint density at radius 3 is 2.73 bits per heavy atom. The Labute approximate surface area is 201 Å². The summed E-state index contributed by atoms with van der Waals surface area (Å²) < 4.78 is 11.7. The van der Waals surface area contributed by atoms with E-state index in [1.807, 2.05) is 37.3 Å². The van der Waals surface area contributed by atoms with Crippen LogP contribution in [0.2, 0.25) is 5.02 Å². The largest absolute Gasteiger partial charge is 0.507 e. The number of aryl methyl sites for hydroxylation is 1. The van der Waals surface area contributed by atoms with Crippen molar-refractivity contribution >= 4 is 35.8 Å². The first-order chi connectivity index (χ1) is 15.9. The second-order valence-electron chi connectivity index (χ2n) is 7.28. The summed E-state index contributed by atoms with van der Waals surface area (Å²) >= 11 is 10.3. The summed E-state index contributed by atoms with van der Waals surface area (Å²) in [4.78, 5) is 17.9. The lowest BCUT2D eigenvalue weighted by Gasteiger charge is -2.13. The Hall–Kier alpha value is -3.42. The number of oxazole rings is 1. The van der Waals surface area contributed by atoms with E-state index in [0.717, 1.165) is 17.0 Å². The SMILES string of the molecule is Cc1oc(-c2ccccc2)nc1CCOc1ccc(S)cc1NC(=O)c1cc(Cl)ccc1O. The molecule has 0 atom stereocenters. The van der Waals surface area contributed by atoms with Crippen molar-refractivity contribution in [1.82, 2.24) is 4.98 Å². The number of hydrogen-bond donors (Lipinski definition) is 3. The molecule has 0 aliphatic heterocycles. The summed E-state index contributed by atoms with van der Waals surface area (Å²) in [6.45, 7) is 2.19. The number of nitrogens with zero attached hydrogens (tertiary/aromatic N) is 1. The number of amides is 1. The topological polar surface area (TPSA) is 84.6 Å². The highest BCUT2D eigenvalue weighted by molar-refractivity contribution is 7.80. The van der Waals surface area contributed by atoms with Crippen LogP contribution in [0.25, 0.3) is 11.5 Å². The molecule has 6 nitrogen and oxygen atoms in total. The van der Waals surface area contributed by atoms with Crippen LogP contribution >= 0.6 is 24.2 Å². The summed E-state index contributed by atoms with van der Waals surface area (Å²) in [7, 11) is 0. The van der Waals surface area contributed by atoms with E-state index in [4.69, 9.17) is 20.8 Å². The fourth-order valence-electron chi connectivity index (χ4n) is 3.24. The molecule has 8 heteroatoms. The smallest absolute Gasteiger partial charge is 0.259 e. The Morgan fingerprint density at radius 1 is 1.15 bits per heavy atom. The maximum Gasteiger partial charge on any atom is 0.259 e. The number of ether oxygens (including phenoxy) is 1. The van der Waals surface area contributed by atoms with Crippen LogP contribution in [0.3, 0.4) is 0 Å². The number of phenolic OH excluding ortho intramolecular Hbond substituents is 1. The van der Waals surface area contributed by atoms with Crippen LogP contribution in [0.1, 0.15) is 21.8 Å². The monoisotopic (exact) mass is 480 g/mol. The van der Waals surface area contributed by atoms with Crippen LogP contribution in [-0.2, 0) is 6.42 Å². The van der Waals surface area contributed by atoms with Gasteiger partial charge in [-0.15, -0.1) is 12.6 Å². The molecule has 168 valence electrons. The molecular formula is C25H21ClN2O4S. The predicted octanol–water partition coefficient (Wildman–Crippen LogP) is 6.17. The van der Waals surface area contributed by atoms with Gasteiger partial charge in [0.05, 0.1) is 23.6 Å². The second kappa shape index (κ2) is 10.0. The van der Waals surface area contributed by atoms with E-state index < -0.39 is 5.91 Å². The van der Waals surface area contributed by atoms with E-state index in [0.29, 0.717) is 40.3 Å². The number of anilines is 1. The number of carbonyl (C=O) groups excluding carboxylic acids is 1. The van der Waals surface area contributed by atoms with E-state index in [2.05, 4.69) is 22.9 Å². The van der Waals surface area contributed by atoms with Crippen molar-refractivity contribution in [3.8, 4) is 23.0 Å². The normalized spacial score (nSPS) is 10.8. The van der Waals surface area contributed by atoms with E-state index in [-0.39, 0.29) is 11.3 Å². The minimum Gasteiger partial charge on any atom is -0.507 e. The Bertz CT molecular complexity index is 1290. The number of nitrogens with one attached hydrogen (secondary N) is 1. The van der Waals surface area contributed by atoms with Crippen LogP contribution in [0, 0.1) is 6.92 Å². The molecule has 4 rings (SSSR count). The summed E-state index contributed by atoms with van der Waals surface area (Å²) in [6, 6.07) is 19.1. The maximum absolute atomic E-state index is 12.7. The Balaban J connectivity index is 1.46. The standard InChI is InChI=1S/C25H21ClN2O4S/c1-15-20(28-25(32-15)16-5-3-2-4-6-16)11-12-31-23-10-8-18(33)14-21(23)27-24(30)19-13-17(26)7-9-22(19)29/h2-10,13-14,29,33H,11-12H2,1H3,(H,27,30). The summed E-state index contributed by atoms with van der Waals surface area (Å²) in [5.74, 6) is 1.08. The van der Waals surface area contributed by atoms with Crippen LogP contribution in [0.5, 0.6) is 11.5 Å². The quantitative estimate of drug-likeness (QED) is 0.275. The number of halogens is 1. The van der Waals surface area contributed by atoms with Gasteiger partial charge in [0.2, 0.25) is 5.89 Å². The number of carbonyl (C=O) groups is 1. The summed E-state index contributed by atoms with van der Waals surface area (Å²) in [6.07, 6.45) is 0.521. The zero-order chi connectivity index (χ0) is 23.4. The molecule has 4 aromatic rings. The van der Waals surface area contributed by atoms with Crippen LogP contribution in [0.4, 0.5) is 5.69 Å². The van der Waals surface area contributed by atoms with E-state index in [9.17, 15) is 9.90 Å². The molecule has 0 radical (unpaired) electrons. The first kappa shape index (κ1) is 22.8. The van der Waals surface area contributed by atoms with Crippen molar-refractivity contribution in [3.63, 3.8) is 0 Å².